The average molecular weight is 283 g/mol. The molecule has 0 bridgehead atoms. The number of ether oxygens (including phenoxy) is 2. The first-order valence-corrected chi connectivity index (χ1v) is 7.17. The van der Waals surface area contributed by atoms with Crippen LogP contribution in [0.3, 0.4) is 0 Å². The van der Waals surface area contributed by atoms with E-state index in [-0.39, 0.29) is 12.0 Å². The van der Waals surface area contributed by atoms with Gasteiger partial charge in [-0.3, -0.25) is 0 Å². The van der Waals surface area contributed by atoms with Gasteiger partial charge in [0.2, 0.25) is 0 Å². The van der Waals surface area contributed by atoms with Crippen molar-refractivity contribution in [3.05, 3.63) is 22.7 Å². The van der Waals surface area contributed by atoms with Crippen molar-refractivity contribution in [2.24, 2.45) is 0 Å². The minimum absolute atomic E-state index is 0.0392. The van der Waals surface area contributed by atoms with E-state index >= 15 is 0 Å². The number of hydrogen-bond acceptors (Lipinski definition) is 3. The van der Waals surface area contributed by atoms with E-state index in [2.05, 4.69) is 0 Å². The maximum absolute atomic E-state index is 9.49. The highest BCUT2D eigenvalue weighted by Crippen LogP contribution is 2.49. The fourth-order valence-electron chi connectivity index (χ4n) is 2.84. The van der Waals surface area contributed by atoms with Crippen LogP contribution in [-0.2, 0) is 5.41 Å². The molecule has 1 saturated carbocycles. The molecule has 1 N–H and O–H groups in total. The molecule has 0 amide bonds. The summed E-state index contributed by atoms with van der Waals surface area (Å²) in [6, 6.07) is 3.73. The molecule has 4 heteroatoms. The predicted molar refractivity (Wildman–Crippen MR) is 74.0 cm³/mol. The molecule has 0 saturated heterocycles. The third kappa shape index (κ3) is 2.09. The zero-order chi connectivity index (χ0) is 13.7. The highest BCUT2D eigenvalue weighted by Gasteiger charge is 2.44. The first kappa shape index (κ1) is 13.1. The van der Waals surface area contributed by atoms with Crippen LogP contribution in [0.4, 0.5) is 0 Å². The summed E-state index contributed by atoms with van der Waals surface area (Å²) in [5.74, 6) is 1.01. The second-order valence-electron chi connectivity index (χ2n) is 6.14. The number of fused-ring (bicyclic) bond motifs is 1. The maximum atomic E-state index is 9.49. The van der Waals surface area contributed by atoms with Gasteiger partial charge in [0.1, 0.15) is 0 Å². The van der Waals surface area contributed by atoms with Gasteiger partial charge in [0.15, 0.2) is 11.5 Å². The number of rotatable bonds is 2. The molecule has 104 valence electrons. The number of halogens is 1. The van der Waals surface area contributed by atoms with E-state index < -0.39 is 5.79 Å². The Morgan fingerprint density at radius 1 is 1.21 bits per heavy atom. The first-order valence-electron chi connectivity index (χ1n) is 6.79. The van der Waals surface area contributed by atoms with E-state index in [9.17, 15) is 5.11 Å². The third-order valence-electron chi connectivity index (χ3n) is 4.12. The average Bonchev–Trinajstić information content (AvgIpc) is 2.95. The summed E-state index contributed by atoms with van der Waals surface area (Å²) in [5.41, 5.74) is 0.509. The van der Waals surface area contributed by atoms with Crippen molar-refractivity contribution in [2.75, 3.05) is 6.61 Å². The molecule has 19 heavy (non-hydrogen) atoms. The Morgan fingerprint density at radius 2 is 1.79 bits per heavy atom. The van der Waals surface area contributed by atoms with Gasteiger partial charge in [0, 0.05) is 29.3 Å². The van der Waals surface area contributed by atoms with E-state index in [1.807, 2.05) is 26.0 Å². The van der Waals surface area contributed by atoms with Gasteiger partial charge in [-0.25, -0.2) is 0 Å². The van der Waals surface area contributed by atoms with Crippen LogP contribution in [0.1, 0.15) is 45.1 Å². The highest BCUT2D eigenvalue weighted by atomic mass is 35.5. The Kier molecular flexibility index (Phi) is 2.95. The summed E-state index contributed by atoms with van der Waals surface area (Å²) >= 11 is 6.32. The fourth-order valence-corrected chi connectivity index (χ4v) is 3.25. The topological polar surface area (TPSA) is 38.7 Å². The van der Waals surface area contributed by atoms with E-state index in [1.54, 1.807) is 0 Å². The van der Waals surface area contributed by atoms with Gasteiger partial charge in [-0.2, -0.15) is 0 Å². The Hall–Kier alpha value is -0.930. The second-order valence-corrected chi connectivity index (χ2v) is 6.55. The van der Waals surface area contributed by atoms with Crippen LogP contribution in [0.5, 0.6) is 11.5 Å². The Bertz CT molecular complexity index is 504. The molecule has 1 aromatic carbocycles. The third-order valence-corrected chi connectivity index (χ3v) is 4.43. The van der Waals surface area contributed by atoms with Crippen molar-refractivity contribution in [3.63, 3.8) is 0 Å². The Balaban J connectivity index is 1.98. The molecule has 1 fully saturated rings. The summed E-state index contributed by atoms with van der Waals surface area (Å²) in [6.07, 6.45) is 4.13. The smallest absolute Gasteiger partial charge is 0.251 e. The Labute approximate surface area is 118 Å². The summed E-state index contributed by atoms with van der Waals surface area (Å²) in [5, 5.41) is 10.1. The molecule has 0 unspecified atom stereocenters. The molecular weight excluding hydrogens is 264 g/mol. The van der Waals surface area contributed by atoms with Crippen molar-refractivity contribution in [1.29, 1.82) is 0 Å². The predicted octanol–water partition coefficient (Wildman–Crippen LogP) is 3.65. The summed E-state index contributed by atoms with van der Waals surface area (Å²) in [4.78, 5) is 0. The Morgan fingerprint density at radius 3 is 2.37 bits per heavy atom. The quantitative estimate of drug-likeness (QED) is 0.900. The molecule has 1 aliphatic heterocycles. The van der Waals surface area contributed by atoms with E-state index in [1.165, 1.54) is 0 Å². The van der Waals surface area contributed by atoms with Crippen LogP contribution in [-0.4, -0.2) is 17.5 Å². The fraction of sp³-hybridized carbons (Fsp3) is 0.600. The number of hydrogen-bond donors (Lipinski definition) is 1. The lowest BCUT2D eigenvalue weighted by molar-refractivity contribution is -0.0716. The van der Waals surface area contributed by atoms with Crippen molar-refractivity contribution < 1.29 is 14.6 Å². The van der Waals surface area contributed by atoms with Crippen molar-refractivity contribution >= 4 is 11.6 Å². The largest absolute Gasteiger partial charge is 0.448 e. The number of aliphatic hydroxyl groups is 1. The normalized spacial score (nSPS) is 20.2. The molecule has 0 aromatic heterocycles. The van der Waals surface area contributed by atoms with E-state index in [4.69, 9.17) is 21.1 Å². The zero-order valence-electron chi connectivity index (χ0n) is 11.3. The van der Waals surface area contributed by atoms with Gasteiger partial charge < -0.3 is 14.6 Å². The number of benzene rings is 1. The van der Waals surface area contributed by atoms with Crippen LogP contribution in [0.2, 0.25) is 5.02 Å². The zero-order valence-corrected chi connectivity index (χ0v) is 12.1. The lowest BCUT2D eigenvalue weighted by Crippen LogP contribution is -2.34. The van der Waals surface area contributed by atoms with Crippen LogP contribution >= 0.6 is 11.6 Å². The molecule has 0 atom stereocenters. The van der Waals surface area contributed by atoms with Crippen molar-refractivity contribution in [3.8, 4) is 11.5 Å². The van der Waals surface area contributed by atoms with Gasteiger partial charge in [0.25, 0.3) is 5.79 Å². The lowest BCUT2D eigenvalue weighted by Gasteiger charge is -2.23. The summed E-state index contributed by atoms with van der Waals surface area (Å²) in [7, 11) is 0. The molecule has 1 heterocycles. The van der Waals surface area contributed by atoms with Gasteiger partial charge >= 0.3 is 0 Å². The van der Waals surface area contributed by atoms with E-state index in [0.29, 0.717) is 5.02 Å². The molecule has 3 nitrogen and oxygen atoms in total. The minimum atomic E-state index is -0.465. The van der Waals surface area contributed by atoms with Gasteiger partial charge in [-0.15, -0.1) is 0 Å². The SMILES string of the molecule is CC(C)(CO)c1cc2c(cc1Cl)OC1(CCCC1)O2. The number of aliphatic hydroxyl groups excluding tert-OH is 1. The molecule has 1 aromatic rings. The van der Waals surface area contributed by atoms with E-state index in [0.717, 1.165) is 42.7 Å². The first-order chi connectivity index (χ1) is 8.96. The molecule has 0 radical (unpaired) electrons. The van der Waals surface area contributed by atoms with Crippen LogP contribution in [0, 0.1) is 0 Å². The minimum Gasteiger partial charge on any atom is -0.448 e. The standard InChI is InChI=1S/C15H19ClO3/c1-14(2,9-17)10-7-12-13(8-11(10)16)19-15(18-12)5-3-4-6-15/h7-8,17H,3-6,9H2,1-2H3. The summed E-state index contributed by atoms with van der Waals surface area (Å²) < 4.78 is 12.0. The van der Waals surface area contributed by atoms with Crippen LogP contribution in [0.25, 0.3) is 0 Å². The van der Waals surface area contributed by atoms with Crippen molar-refractivity contribution in [2.45, 2.75) is 50.7 Å². The van der Waals surface area contributed by atoms with Crippen molar-refractivity contribution in [1.82, 2.24) is 0 Å². The van der Waals surface area contributed by atoms with Crippen LogP contribution < -0.4 is 9.47 Å². The lowest BCUT2D eigenvalue weighted by atomic mass is 9.85. The highest BCUT2D eigenvalue weighted by molar-refractivity contribution is 6.31. The molecule has 1 spiro atoms. The molecule has 3 rings (SSSR count). The van der Waals surface area contributed by atoms with Gasteiger partial charge in [-0.1, -0.05) is 25.4 Å². The monoisotopic (exact) mass is 282 g/mol. The molecule has 1 aliphatic carbocycles. The van der Waals surface area contributed by atoms with Gasteiger partial charge in [-0.05, 0) is 24.5 Å². The summed E-state index contributed by atoms with van der Waals surface area (Å²) in [6.45, 7) is 3.96. The second kappa shape index (κ2) is 4.29. The van der Waals surface area contributed by atoms with Crippen LogP contribution in [0.15, 0.2) is 12.1 Å². The maximum Gasteiger partial charge on any atom is 0.251 e. The molecule has 2 aliphatic rings. The molecular formula is C15H19ClO3. The van der Waals surface area contributed by atoms with Gasteiger partial charge in [0.05, 0.1) is 6.61 Å².